The molecular weight excluding hydrogens is 349 g/mol. The number of fused-ring (bicyclic) bond motifs is 1. The van der Waals surface area contributed by atoms with Gasteiger partial charge in [-0.2, -0.15) is 0 Å². The van der Waals surface area contributed by atoms with E-state index in [-0.39, 0.29) is 24.5 Å². The highest BCUT2D eigenvalue weighted by atomic mass is 19.1. The molecule has 2 unspecified atom stereocenters. The molecule has 0 bridgehead atoms. The van der Waals surface area contributed by atoms with E-state index in [0.717, 1.165) is 11.3 Å². The molecule has 5 N–H and O–H groups in total. The zero-order valence-corrected chi connectivity index (χ0v) is 15.8. The van der Waals surface area contributed by atoms with Crippen molar-refractivity contribution in [1.82, 2.24) is 9.55 Å². The van der Waals surface area contributed by atoms with E-state index in [4.69, 9.17) is 11.5 Å². The zero-order valence-electron chi connectivity index (χ0n) is 15.8. The second-order valence-electron chi connectivity index (χ2n) is 8.55. The molecule has 1 aliphatic heterocycles. The molecular formula is C19H26FN5O2. The lowest BCUT2D eigenvalue weighted by Crippen LogP contribution is -2.45. The number of hydrogen-bond donors (Lipinski definition) is 3. The summed E-state index contributed by atoms with van der Waals surface area (Å²) in [5.41, 5.74) is 12.8. The van der Waals surface area contributed by atoms with Crippen LogP contribution in [0.4, 0.5) is 10.1 Å². The lowest BCUT2D eigenvalue weighted by Gasteiger charge is -2.28. The summed E-state index contributed by atoms with van der Waals surface area (Å²) in [6.45, 7) is 6.29. The second-order valence-corrected chi connectivity index (χ2v) is 8.55. The van der Waals surface area contributed by atoms with Gasteiger partial charge < -0.3 is 16.4 Å². The van der Waals surface area contributed by atoms with Crippen LogP contribution in [0.15, 0.2) is 21.7 Å². The number of H-pyrrole nitrogens is 1. The molecule has 0 radical (unpaired) electrons. The van der Waals surface area contributed by atoms with Crippen molar-refractivity contribution in [2.45, 2.75) is 51.0 Å². The van der Waals surface area contributed by atoms with Crippen molar-refractivity contribution >= 4 is 16.6 Å². The molecule has 4 atom stereocenters. The Morgan fingerprint density at radius 3 is 2.48 bits per heavy atom. The first-order chi connectivity index (χ1) is 12.6. The maximum absolute atomic E-state index is 14.6. The summed E-state index contributed by atoms with van der Waals surface area (Å²) in [7, 11) is 0. The third-order valence-electron chi connectivity index (χ3n) is 6.01. The van der Waals surface area contributed by atoms with Crippen molar-refractivity contribution in [3.05, 3.63) is 38.5 Å². The van der Waals surface area contributed by atoms with Gasteiger partial charge in [0.2, 0.25) is 0 Å². The zero-order chi connectivity index (χ0) is 19.7. The van der Waals surface area contributed by atoms with Crippen molar-refractivity contribution < 1.29 is 4.39 Å². The van der Waals surface area contributed by atoms with E-state index in [9.17, 15) is 14.0 Å². The standard InChI is InChI=1S/C19H26FN5O2/c1-9-14(24-7-11(12(20)8-24)19(2,3)22)5-4-10-16(9)25(15-6-13(15)21)18(27)23-17(10)26/h4-5,11-13,15H,6-8,21-22H2,1-3H3,(H,23,26,27)/t11-,12-,13?,15?/m0/s1. The van der Waals surface area contributed by atoms with E-state index in [1.54, 1.807) is 10.6 Å². The summed E-state index contributed by atoms with van der Waals surface area (Å²) in [6.07, 6.45) is -0.331. The van der Waals surface area contributed by atoms with Crippen molar-refractivity contribution in [2.24, 2.45) is 17.4 Å². The predicted molar refractivity (Wildman–Crippen MR) is 104 cm³/mol. The van der Waals surface area contributed by atoms with Crippen LogP contribution < -0.4 is 27.6 Å². The SMILES string of the molecule is Cc1c(N2C[C@H](F)[C@@H](C(C)(C)N)C2)ccc2c(=O)[nH]c(=O)n(C3CC3N)c12. The number of rotatable bonds is 3. The summed E-state index contributed by atoms with van der Waals surface area (Å²) in [5, 5.41) is 0.446. The number of aromatic amines is 1. The van der Waals surface area contributed by atoms with E-state index >= 15 is 0 Å². The molecule has 8 heteroatoms. The molecule has 1 saturated heterocycles. The van der Waals surface area contributed by atoms with Gasteiger partial charge in [0, 0.05) is 36.3 Å². The first-order valence-electron chi connectivity index (χ1n) is 9.31. The molecule has 1 saturated carbocycles. The lowest BCUT2D eigenvalue weighted by atomic mass is 9.87. The number of alkyl halides is 1. The van der Waals surface area contributed by atoms with Crippen molar-refractivity contribution in [3.8, 4) is 0 Å². The van der Waals surface area contributed by atoms with Gasteiger partial charge in [-0.15, -0.1) is 0 Å². The highest BCUT2D eigenvalue weighted by Gasteiger charge is 2.42. The van der Waals surface area contributed by atoms with Crippen LogP contribution in [0.5, 0.6) is 0 Å². The van der Waals surface area contributed by atoms with Gasteiger partial charge in [0.25, 0.3) is 5.56 Å². The van der Waals surface area contributed by atoms with Gasteiger partial charge in [-0.3, -0.25) is 14.3 Å². The van der Waals surface area contributed by atoms with Crippen LogP contribution >= 0.6 is 0 Å². The van der Waals surface area contributed by atoms with Gasteiger partial charge in [0.05, 0.1) is 16.9 Å². The largest absolute Gasteiger partial charge is 0.368 e. The normalized spacial score (nSPS) is 28.1. The number of benzene rings is 1. The monoisotopic (exact) mass is 375 g/mol. The minimum atomic E-state index is -1.03. The first kappa shape index (κ1) is 18.2. The van der Waals surface area contributed by atoms with Crippen LogP contribution in [0.1, 0.15) is 31.9 Å². The Morgan fingerprint density at radius 1 is 1.26 bits per heavy atom. The van der Waals surface area contributed by atoms with Gasteiger partial charge in [0.1, 0.15) is 6.17 Å². The molecule has 7 nitrogen and oxygen atoms in total. The average Bonchev–Trinajstić information content (AvgIpc) is 3.12. The molecule has 1 aliphatic carbocycles. The van der Waals surface area contributed by atoms with Gasteiger partial charge >= 0.3 is 5.69 Å². The number of aromatic nitrogens is 2. The lowest BCUT2D eigenvalue weighted by molar-refractivity contribution is 0.208. The fourth-order valence-electron chi connectivity index (χ4n) is 4.33. The van der Waals surface area contributed by atoms with Crippen LogP contribution in [0, 0.1) is 12.8 Å². The maximum atomic E-state index is 14.6. The van der Waals surface area contributed by atoms with Crippen molar-refractivity contribution in [3.63, 3.8) is 0 Å². The Hall–Kier alpha value is -2.19. The number of aryl methyl sites for hydroxylation is 1. The molecule has 1 aromatic carbocycles. The van der Waals surface area contributed by atoms with Crippen LogP contribution in [0.25, 0.3) is 10.9 Å². The van der Waals surface area contributed by atoms with E-state index < -0.39 is 23.0 Å². The van der Waals surface area contributed by atoms with Crippen LogP contribution in [0.2, 0.25) is 0 Å². The summed E-state index contributed by atoms with van der Waals surface area (Å²) >= 11 is 0. The molecule has 27 heavy (non-hydrogen) atoms. The van der Waals surface area contributed by atoms with Crippen LogP contribution in [0.3, 0.4) is 0 Å². The molecule has 146 valence electrons. The van der Waals surface area contributed by atoms with E-state index in [0.29, 0.717) is 23.9 Å². The number of halogens is 1. The van der Waals surface area contributed by atoms with Crippen LogP contribution in [-0.2, 0) is 0 Å². The van der Waals surface area contributed by atoms with E-state index in [1.165, 1.54) is 0 Å². The first-order valence-corrected chi connectivity index (χ1v) is 9.31. The maximum Gasteiger partial charge on any atom is 0.329 e. The van der Waals surface area contributed by atoms with Gasteiger partial charge in [-0.25, -0.2) is 9.18 Å². The number of anilines is 1. The minimum Gasteiger partial charge on any atom is -0.368 e. The summed E-state index contributed by atoms with van der Waals surface area (Å²) in [4.78, 5) is 29.1. The Bertz CT molecular complexity index is 1020. The molecule has 0 amide bonds. The number of nitrogens with zero attached hydrogens (tertiary/aromatic N) is 2. The molecule has 0 spiro atoms. The third kappa shape index (κ3) is 2.87. The smallest absolute Gasteiger partial charge is 0.329 e. The fourth-order valence-corrected chi connectivity index (χ4v) is 4.33. The van der Waals surface area contributed by atoms with Gasteiger partial charge in [-0.05, 0) is 44.9 Å². The number of nitrogens with two attached hydrogens (primary N) is 2. The average molecular weight is 375 g/mol. The Kier molecular flexibility index (Phi) is 3.98. The Morgan fingerprint density at radius 2 is 1.93 bits per heavy atom. The molecule has 1 aromatic heterocycles. The summed E-state index contributed by atoms with van der Waals surface area (Å²) in [6, 6.07) is 3.32. The second kappa shape index (κ2) is 5.90. The summed E-state index contributed by atoms with van der Waals surface area (Å²) in [5.74, 6) is -0.286. The van der Waals surface area contributed by atoms with E-state index in [2.05, 4.69) is 4.98 Å². The van der Waals surface area contributed by atoms with Gasteiger partial charge in [-0.1, -0.05) is 0 Å². The van der Waals surface area contributed by atoms with Crippen molar-refractivity contribution in [2.75, 3.05) is 18.0 Å². The highest BCUT2D eigenvalue weighted by Crippen LogP contribution is 2.38. The summed E-state index contributed by atoms with van der Waals surface area (Å²) < 4.78 is 16.2. The van der Waals surface area contributed by atoms with Crippen LogP contribution in [-0.4, -0.2) is 40.4 Å². The number of nitrogens with one attached hydrogen (secondary N) is 1. The molecule has 2 aliphatic rings. The number of hydrogen-bond acceptors (Lipinski definition) is 5. The highest BCUT2D eigenvalue weighted by molar-refractivity contribution is 5.87. The molecule has 4 rings (SSSR count). The molecule has 2 fully saturated rings. The van der Waals surface area contributed by atoms with E-state index in [1.807, 2.05) is 31.7 Å². The van der Waals surface area contributed by atoms with Gasteiger partial charge in [0.15, 0.2) is 0 Å². The molecule has 2 heterocycles. The topological polar surface area (TPSA) is 110 Å². The third-order valence-corrected chi connectivity index (χ3v) is 6.01. The fraction of sp³-hybridized carbons (Fsp3) is 0.579. The molecule has 2 aromatic rings. The Balaban J connectivity index is 1.86. The van der Waals surface area contributed by atoms with Crippen molar-refractivity contribution in [1.29, 1.82) is 0 Å². The predicted octanol–water partition coefficient (Wildman–Crippen LogP) is 0.782. The minimum absolute atomic E-state index is 0.0933. The Labute approximate surface area is 156 Å². The quantitative estimate of drug-likeness (QED) is 0.734.